The Labute approximate surface area is 678 Å². The van der Waals surface area contributed by atoms with Gasteiger partial charge in [-0.05, 0) is 106 Å². The van der Waals surface area contributed by atoms with Crippen LogP contribution in [0, 0.1) is 0 Å². The Morgan fingerprint density at radius 3 is 1.13 bits per heavy atom. The molecule has 0 fully saturated rings. The Hall–Kier alpha value is -15.7. The Morgan fingerprint density at radius 2 is 0.546 bits per heavy atom. The quantitative estimate of drug-likeness (QED) is 0.142. The van der Waals surface area contributed by atoms with Gasteiger partial charge in [-0.1, -0.05) is 267 Å². The van der Waals surface area contributed by atoms with Crippen LogP contribution in [0.5, 0.6) is 0 Å². The number of rotatable bonds is 0. The van der Waals surface area contributed by atoms with Crippen molar-refractivity contribution in [3.63, 3.8) is 0 Å². The van der Waals surface area contributed by atoms with Gasteiger partial charge in [0.05, 0.1) is 49.5 Å². The highest BCUT2D eigenvalue weighted by molar-refractivity contribution is 7.26. The lowest BCUT2D eigenvalue weighted by Gasteiger charge is -2.11. The van der Waals surface area contributed by atoms with Crippen LogP contribution in [0.15, 0.2) is 394 Å². The number of furan rings is 4. The molecule has 0 saturated carbocycles. The molecule has 0 bridgehead atoms. The van der Waals surface area contributed by atoms with Crippen LogP contribution >= 0.6 is 11.3 Å². The fourth-order valence-electron chi connectivity index (χ4n) is 20.4. The molecule has 13 heterocycles. The molecule has 17 aromatic carbocycles. The molecule has 0 aliphatic carbocycles. The second-order valence-electron chi connectivity index (χ2n) is 31.6. The van der Waals surface area contributed by atoms with E-state index in [2.05, 4.69) is 364 Å². The Kier molecular flexibility index (Phi) is 13.3. The minimum absolute atomic E-state index is 0.930. The highest BCUT2D eigenvalue weighted by Gasteiger charge is 2.25. The fraction of sp³-hybridized carbons (Fsp3) is 0. The van der Waals surface area contributed by atoms with Crippen molar-refractivity contribution in [1.82, 2.24) is 17.6 Å². The van der Waals surface area contributed by atoms with Gasteiger partial charge in [-0.25, -0.2) is 0 Å². The topological polar surface area (TPSA) is 70.2 Å². The average molecular weight is 1540 g/mol. The van der Waals surface area contributed by atoms with Crippen LogP contribution in [0.25, 0.3) is 260 Å². The largest absolute Gasteiger partial charge is 0.456 e. The zero-order chi connectivity index (χ0) is 77.4. The highest BCUT2D eigenvalue weighted by Crippen LogP contribution is 2.50. The van der Waals surface area contributed by atoms with Gasteiger partial charge in [0.15, 0.2) is 5.58 Å². The molecule has 552 valence electrons. The lowest BCUT2D eigenvalue weighted by atomic mass is 9.99. The summed E-state index contributed by atoms with van der Waals surface area (Å²) in [5, 5.41) is 37.2. The summed E-state index contributed by atoms with van der Waals surface area (Å²) in [7, 11) is 0. The maximum atomic E-state index is 6.54. The van der Waals surface area contributed by atoms with E-state index in [4.69, 9.17) is 17.7 Å². The predicted molar refractivity (Wildman–Crippen MR) is 502 cm³/mol. The maximum Gasteiger partial charge on any atom is 0.160 e. The molecule has 0 radical (unpaired) electrons. The molecule has 0 aliphatic heterocycles. The third-order valence-corrected chi connectivity index (χ3v) is 26.6. The molecule has 0 unspecified atom stereocenters. The van der Waals surface area contributed by atoms with Crippen LogP contribution in [0.4, 0.5) is 0 Å². The molecule has 0 amide bonds. The van der Waals surface area contributed by atoms with Gasteiger partial charge < -0.3 is 35.3 Å². The molecule has 0 N–H and O–H groups in total. The molecule has 30 aromatic rings. The van der Waals surface area contributed by atoms with Crippen molar-refractivity contribution < 1.29 is 17.7 Å². The zero-order valence-electron chi connectivity index (χ0n) is 63.6. The first-order chi connectivity index (χ1) is 59.0. The van der Waals surface area contributed by atoms with Crippen LogP contribution in [-0.4, -0.2) is 17.6 Å². The number of fused-ring (bicyclic) bond motifs is 51. The first-order valence-electron chi connectivity index (χ1n) is 40.5. The first kappa shape index (κ1) is 64.7. The van der Waals surface area contributed by atoms with Crippen molar-refractivity contribution in [2.45, 2.75) is 0 Å². The molecule has 119 heavy (non-hydrogen) atoms. The molecule has 13 aromatic heterocycles. The van der Waals surface area contributed by atoms with E-state index in [1.807, 2.05) is 41.7 Å². The summed E-state index contributed by atoms with van der Waals surface area (Å²) in [6, 6.07) is 125. The van der Waals surface area contributed by atoms with Gasteiger partial charge in [-0.2, -0.15) is 0 Å². The van der Waals surface area contributed by atoms with Crippen LogP contribution in [0.2, 0.25) is 0 Å². The van der Waals surface area contributed by atoms with Crippen LogP contribution in [0.3, 0.4) is 0 Å². The summed E-state index contributed by atoms with van der Waals surface area (Å²) in [6.45, 7) is 0. The lowest BCUT2D eigenvalue weighted by Crippen LogP contribution is -1.90. The number of hydrogen-bond donors (Lipinski definition) is 0. The van der Waals surface area contributed by atoms with Crippen molar-refractivity contribution in [3.05, 3.63) is 377 Å². The summed E-state index contributed by atoms with van der Waals surface area (Å²) in [4.78, 5) is 0. The van der Waals surface area contributed by atoms with Gasteiger partial charge in [-0.3, -0.25) is 0 Å². The normalized spacial score (nSPS) is 12.4. The monoisotopic (exact) mass is 1530 g/mol. The van der Waals surface area contributed by atoms with E-state index in [-0.39, 0.29) is 0 Å². The second kappa shape index (κ2) is 24.4. The van der Waals surface area contributed by atoms with Gasteiger partial charge in [0.25, 0.3) is 0 Å². The van der Waals surface area contributed by atoms with E-state index in [1.54, 1.807) is 0 Å². The number of aromatic nitrogens is 4. The van der Waals surface area contributed by atoms with E-state index < -0.39 is 0 Å². The Balaban J connectivity index is 0.0000000846. The molecule has 9 heteroatoms. The summed E-state index contributed by atoms with van der Waals surface area (Å²) >= 11 is 1.90. The first-order valence-corrected chi connectivity index (χ1v) is 41.3. The van der Waals surface area contributed by atoms with Crippen molar-refractivity contribution in [2.24, 2.45) is 0 Å². The van der Waals surface area contributed by atoms with Gasteiger partial charge in [-0.15, -0.1) is 11.3 Å². The fourth-order valence-corrected chi connectivity index (χ4v) is 21.6. The van der Waals surface area contributed by atoms with Gasteiger partial charge in [0, 0.05) is 169 Å². The summed E-state index contributed by atoms with van der Waals surface area (Å²) in [5.41, 5.74) is 17.3. The molecule has 0 saturated heterocycles. The van der Waals surface area contributed by atoms with E-state index in [9.17, 15) is 0 Å². The van der Waals surface area contributed by atoms with E-state index >= 15 is 0 Å². The van der Waals surface area contributed by atoms with Crippen molar-refractivity contribution in [3.8, 4) is 0 Å². The lowest BCUT2D eigenvalue weighted by molar-refractivity contribution is 0.669. The van der Waals surface area contributed by atoms with Crippen molar-refractivity contribution in [2.75, 3.05) is 0 Å². The van der Waals surface area contributed by atoms with Gasteiger partial charge >= 0.3 is 0 Å². The molecule has 8 nitrogen and oxygen atoms in total. The molecule has 30 rings (SSSR count). The summed E-state index contributed by atoms with van der Waals surface area (Å²) in [5.74, 6) is 0. The summed E-state index contributed by atoms with van der Waals surface area (Å²) < 4.78 is 37.4. The van der Waals surface area contributed by atoms with Crippen LogP contribution in [0.1, 0.15) is 0 Å². The summed E-state index contributed by atoms with van der Waals surface area (Å²) in [6.07, 6.45) is 9.04. The van der Waals surface area contributed by atoms with Crippen molar-refractivity contribution >= 4 is 271 Å². The van der Waals surface area contributed by atoms with Gasteiger partial charge in [0.2, 0.25) is 0 Å². The third-order valence-electron chi connectivity index (χ3n) is 25.4. The molecular formula is C110H62N4O4S. The minimum atomic E-state index is 0.930. The third kappa shape index (κ3) is 9.10. The SMILES string of the molecule is c1ccc2c(c1)cn1c3c(ccc4c5ccccc5oc43)c3ccc4c5ccccc5sc4c3c21.c1ccc2c(c1)cn1c3ccccc3c3cc4oc5ccccc5c4cc3c21.c1ccc2c(c1)cn1c3ccccc3c3ccc4c5ccccc5oc4c3c21.c1ccc2c(c1)cn1c3ccccc3c3ccc4oc5ccccc5c4c3c21. The zero-order valence-corrected chi connectivity index (χ0v) is 64.4. The number of pyridine rings is 4. The number of thiophene rings is 1. The maximum absolute atomic E-state index is 6.54. The van der Waals surface area contributed by atoms with E-state index in [1.165, 1.54) is 199 Å². The van der Waals surface area contributed by atoms with E-state index in [0.29, 0.717) is 0 Å². The molecule has 0 spiro atoms. The Morgan fingerprint density at radius 1 is 0.176 bits per heavy atom. The van der Waals surface area contributed by atoms with E-state index in [0.717, 1.165) is 61.0 Å². The Bertz CT molecular complexity index is 9630. The number of nitrogens with zero attached hydrogens (tertiary/aromatic N) is 4. The highest BCUT2D eigenvalue weighted by atomic mass is 32.1. The number of para-hydroxylation sites is 7. The standard InChI is InChI=1S/C32H17NOS.3C26H15NO/c1-2-8-19-18(7-1)17-33-29(19)28-22(13-16-25-21-10-4-6-12-27(21)35-32(25)28)23-14-15-24-20-9-3-5-11-26(20)34-31(24)30(23)33;1-2-8-17-16(7-1)15-27-23-11-5-3-9-18(23)20-14-25-21(13-22(20)26(17)27)19-10-4-6-12-24(19)28-25;1-2-8-17-16(7-1)15-27-21-11-5-3-9-18(21)19-13-14-23-24(25(19)26(17)27)20-10-4-6-12-22(20)28-23;1-2-8-17-16(7-1)15-27-22-11-5-3-9-18(22)20-13-14-21-19-10-4-6-12-23(19)28-26(21)24(20)25(17)27/h1-17H;3*1-15H. The smallest absolute Gasteiger partial charge is 0.160 e. The second-order valence-corrected chi connectivity index (χ2v) is 32.7. The average Bonchev–Trinajstić information content (AvgIpc) is 1.55. The number of hydrogen-bond acceptors (Lipinski definition) is 5. The molecule has 0 atom stereocenters. The molecule has 0 aliphatic rings. The minimum Gasteiger partial charge on any atom is -0.456 e. The van der Waals surface area contributed by atoms with Crippen LogP contribution < -0.4 is 0 Å². The van der Waals surface area contributed by atoms with Gasteiger partial charge in [0.1, 0.15) is 39.1 Å². The predicted octanol–water partition coefficient (Wildman–Crippen LogP) is 31.6. The number of benzene rings is 17. The molecular weight excluding hydrogens is 1470 g/mol. The van der Waals surface area contributed by atoms with Crippen molar-refractivity contribution in [1.29, 1.82) is 0 Å². The van der Waals surface area contributed by atoms with Crippen LogP contribution in [-0.2, 0) is 0 Å².